The first-order valence-corrected chi connectivity index (χ1v) is 7.75. The summed E-state index contributed by atoms with van der Waals surface area (Å²) in [6, 6.07) is 7.05. The second-order valence-electron chi connectivity index (χ2n) is 5.60. The van der Waals surface area contributed by atoms with E-state index in [1.807, 2.05) is 0 Å². The number of hydrogen-bond donors (Lipinski definition) is 1. The number of rotatable bonds is 6. The Bertz CT molecular complexity index is 402. The van der Waals surface area contributed by atoms with Gasteiger partial charge in [-0.25, -0.2) is 0 Å². The molecule has 0 radical (unpaired) electrons. The fraction of sp³-hybridized carbons (Fsp3) is 0.647. The molecule has 2 unspecified atom stereocenters. The zero-order valence-corrected chi connectivity index (χ0v) is 12.5. The number of nitrogens with one attached hydrogen (secondary N) is 1. The van der Waals surface area contributed by atoms with Crippen LogP contribution in [0.4, 0.5) is 0 Å². The first-order chi connectivity index (χ1) is 9.27. The predicted octanol–water partition coefficient (Wildman–Crippen LogP) is 4.10. The van der Waals surface area contributed by atoms with E-state index in [1.54, 1.807) is 0 Å². The molecule has 0 amide bonds. The molecule has 1 aromatic rings. The van der Waals surface area contributed by atoms with E-state index in [9.17, 15) is 0 Å². The smallest absolute Gasteiger partial charge is 0.127 e. The highest BCUT2D eigenvalue weighted by atomic mass is 16.5. The van der Waals surface area contributed by atoms with Gasteiger partial charge in [0.05, 0.1) is 6.61 Å². The SMILES string of the molecule is CCCNC(c1cccc2c1OCCC2)C(C)CC. The van der Waals surface area contributed by atoms with Gasteiger partial charge in [-0.15, -0.1) is 0 Å². The third kappa shape index (κ3) is 3.30. The molecule has 2 rings (SSSR count). The van der Waals surface area contributed by atoms with Crippen molar-refractivity contribution in [3.8, 4) is 5.75 Å². The Morgan fingerprint density at radius 1 is 1.32 bits per heavy atom. The number of para-hydroxylation sites is 1. The van der Waals surface area contributed by atoms with Gasteiger partial charge in [0, 0.05) is 11.6 Å². The van der Waals surface area contributed by atoms with Crippen molar-refractivity contribution in [2.75, 3.05) is 13.2 Å². The standard InChI is InChI=1S/C17H27NO/c1-4-11-18-16(13(3)5-2)15-10-6-8-14-9-7-12-19-17(14)15/h6,8,10,13,16,18H,4-5,7,9,11-12H2,1-3H3. The molecule has 1 aromatic carbocycles. The Hall–Kier alpha value is -1.02. The largest absolute Gasteiger partial charge is 0.493 e. The maximum Gasteiger partial charge on any atom is 0.127 e. The van der Waals surface area contributed by atoms with Crippen LogP contribution in [-0.2, 0) is 6.42 Å². The lowest BCUT2D eigenvalue weighted by Gasteiger charge is -2.29. The summed E-state index contributed by atoms with van der Waals surface area (Å²) in [5, 5.41) is 3.71. The van der Waals surface area contributed by atoms with Crippen molar-refractivity contribution in [3.63, 3.8) is 0 Å². The second-order valence-corrected chi connectivity index (χ2v) is 5.60. The third-order valence-corrected chi connectivity index (χ3v) is 4.13. The second kappa shape index (κ2) is 6.95. The predicted molar refractivity (Wildman–Crippen MR) is 80.7 cm³/mol. The number of hydrogen-bond acceptors (Lipinski definition) is 2. The van der Waals surface area contributed by atoms with E-state index in [4.69, 9.17) is 4.74 Å². The van der Waals surface area contributed by atoms with Gasteiger partial charge in [-0.1, -0.05) is 45.4 Å². The summed E-state index contributed by atoms with van der Waals surface area (Å²) in [6.45, 7) is 8.75. The van der Waals surface area contributed by atoms with Gasteiger partial charge in [0.25, 0.3) is 0 Å². The van der Waals surface area contributed by atoms with Gasteiger partial charge in [0.2, 0.25) is 0 Å². The Kier molecular flexibility index (Phi) is 5.26. The molecule has 0 fully saturated rings. The van der Waals surface area contributed by atoms with E-state index in [1.165, 1.54) is 24.0 Å². The van der Waals surface area contributed by atoms with E-state index in [-0.39, 0.29) is 0 Å². The molecule has 2 atom stereocenters. The number of benzene rings is 1. The highest BCUT2D eigenvalue weighted by molar-refractivity contribution is 5.44. The van der Waals surface area contributed by atoms with E-state index in [0.717, 1.165) is 31.7 Å². The molecule has 1 aliphatic rings. The van der Waals surface area contributed by atoms with Crippen LogP contribution >= 0.6 is 0 Å². The minimum atomic E-state index is 0.415. The van der Waals surface area contributed by atoms with E-state index in [2.05, 4.69) is 44.3 Å². The maximum absolute atomic E-state index is 5.97. The number of ether oxygens (including phenoxy) is 1. The molecule has 0 aliphatic carbocycles. The fourth-order valence-corrected chi connectivity index (χ4v) is 2.81. The fourth-order valence-electron chi connectivity index (χ4n) is 2.81. The minimum Gasteiger partial charge on any atom is -0.493 e. The zero-order valence-electron chi connectivity index (χ0n) is 12.5. The lowest BCUT2D eigenvalue weighted by molar-refractivity contribution is 0.274. The maximum atomic E-state index is 5.97. The van der Waals surface area contributed by atoms with Gasteiger partial charge in [-0.05, 0) is 37.3 Å². The van der Waals surface area contributed by atoms with Crippen LogP contribution in [0.15, 0.2) is 18.2 Å². The van der Waals surface area contributed by atoms with Crippen molar-refractivity contribution in [1.29, 1.82) is 0 Å². The number of fused-ring (bicyclic) bond motifs is 1. The average Bonchev–Trinajstić information content (AvgIpc) is 2.47. The molecule has 1 N–H and O–H groups in total. The summed E-state index contributed by atoms with van der Waals surface area (Å²) in [5.41, 5.74) is 2.75. The molecule has 0 saturated heterocycles. The van der Waals surface area contributed by atoms with Crippen LogP contribution in [0.5, 0.6) is 5.75 Å². The topological polar surface area (TPSA) is 21.3 Å². The summed E-state index contributed by atoms with van der Waals surface area (Å²) >= 11 is 0. The molecular formula is C17H27NO. The Labute approximate surface area is 117 Å². The van der Waals surface area contributed by atoms with Gasteiger partial charge in [-0.2, -0.15) is 0 Å². The van der Waals surface area contributed by atoms with Crippen LogP contribution in [0.25, 0.3) is 0 Å². The third-order valence-electron chi connectivity index (χ3n) is 4.13. The van der Waals surface area contributed by atoms with Crippen LogP contribution in [-0.4, -0.2) is 13.2 Å². The molecule has 0 aromatic heterocycles. The van der Waals surface area contributed by atoms with Crippen molar-refractivity contribution < 1.29 is 4.74 Å². The normalized spacial score (nSPS) is 17.4. The van der Waals surface area contributed by atoms with Gasteiger partial charge < -0.3 is 10.1 Å². The van der Waals surface area contributed by atoms with Gasteiger partial charge in [0.15, 0.2) is 0 Å². The monoisotopic (exact) mass is 261 g/mol. The van der Waals surface area contributed by atoms with Crippen LogP contribution in [0.3, 0.4) is 0 Å². The molecule has 2 nitrogen and oxygen atoms in total. The lowest BCUT2D eigenvalue weighted by Crippen LogP contribution is -2.28. The van der Waals surface area contributed by atoms with Crippen molar-refractivity contribution >= 4 is 0 Å². The molecule has 1 heterocycles. The summed E-state index contributed by atoms with van der Waals surface area (Å²) in [4.78, 5) is 0. The van der Waals surface area contributed by atoms with Crippen molar-refractivity contribution in [2.45, 2.75) is 52.5 Å². The number of aryl methyl sites for hydroxylation is 1. The van der Waals surface area contributed by atoms with Gasteiger partial charge in [0.1, 0.15) is 5.75 Å². The Morgan fingerprint density at radius 2 is 2.16 bits per heavy atom. The molecule has 0 saturated carbocycles. The summed E-state index contributed by atoms with van der Waals surface area (Å²) < 4.78 is 5.97. The van der Waals surface area contributed by atoms with Crippen LogP contribution in [0.2, 0.25) is 0 Å². The highest BCUT2D eigenvalue weighted by Crippen LogP contribution is 2.36. The Morgan fingerprint density at radius 3 is 2.89 bits per heavy atom. The molecular weight excluding hydrogens is 234 g/mol. The quantitative estimate of drug-likeness (QED) is 0.832. The van der Waals surface area contributed by atoms with Crippen LogP contribution < -0.4 is 10.1 Å². The molecule has 106 valence electrons. The summed E-state index contributed by atoms with van der Waals surface area (Å²) in [7, 11) is 0. The van der Waals surface area contributed by atoms with Crippen molar-refractivity contribution in [1.82, 2.24) is 5.32 Å². The Balaban J connectivity index is 2.29. The molecule has 1 aliphatic heterocycles. The van der Waals surface area contributed by atoms with Crippen molar-refractivity contribution in [3.05, 3.63) is 29.3 Å². The average molecular weight is 261 g/mol. The molecule has 0 bridgehead atoms. The van der Waals surface area contributed by atoms with E-state index in [0.29, 0.717) is 12.0 Å². The zero-order chi connectivity index (χ0) is 13.7. The van der Waals surface area contributed by atoms with Gasteiger partial charge >= 0.3 is 0 Å². The highest BCUT2D eigenvalue weighted by Gasteiger charge is 2.23. The van der Waals surface area contributed by atoms with E-state index < -0.39 is 0 Å². The minimum absolute atomic E-state index is 0.415. The summed E-state index contributed by atoms with van der Waals surface area (Å²) in [6.07, 6.45) is 4.66. The van der Waals surface area contributed by atoms with Crippen LogP contribution in [0.1, 0.15) is 57.2 Å². The first kappa shape index (κ1) is 14.4. The molecule has 2 heteroatoms. The first-order valence-electron chi connectivity index (χ1n) is 7.75. The van der Waals surface area contributed by atoms with Gasteiger partial charge in [-0.3, -0.25) is 0 Å². The molecule has 19 heavy (non-hydrogen) atoms. The van der Waals surface area contributed by atoms with E-state index >= 15 is 0 Å². The summed E-state index contributed by atoms with van der Waals surface area (Å²) in [5.74, 6) is 1.78. The van der Waals surface area contributed by atoms with Crippen molar-refractivity contribution in [2.24, 2.45) is 5.92 Å². The van der Waals surface area contributed by atoms with Crippen LogP contribution in [0, 0.1) is 5.92 Å². The molecule has 0 spiro atoms. The lowest BCUT2D eigenvalue weighted by atomic mass is 9.89.